The van der Waals surface area contributed by atoms with E-state index in [1.54, 1.807) is 0 Å². The van der Waals surface area contributed by atoms with Gasteiger partial charge in [0.25, 0.3) is 0 Å². The maximum atomic E-state index is 4.73. The molecule has 13 heavy (non-hydrogen) atoms. The Hall–Kier alpha value is -0.790. The van der Waals surface area contributed by atoms with E-state index in [2.05, 4.69) is 17.7 Å². The minimum Gasteiger partial charge on any atom is -0.335 e. The average molecular weight is 176 g/mol. The summed E-state index contributed by atoms with van der Waals surface area (Å²) in [6.45, 7) is 3.52. The van der Waals surface area contributed by atoms with Crippen LogP contribution in [0.4, 0.5) is 0 Å². The van der Waals surface area contributed by atoms with Gasteiger partial charge in [-0.3, -0.25) is 0 Å². The van der Waals surface area contributed by atoms with Gasteiger partial charge in [0, 0.05) is 25.1 Å². The molecule has 0 spiro atoms. The highest BCUT2D eigenvalue weighted by atomic mass is 15.1. The Bertz CT molecular complexity index is 303. The van der Waals surface area contributed by atoms with Crippen LogP contribution in [0.3, 0.4) is 0 Å². The highest BCUT2D eigenvalue weighted by molar-refractivity contribution is 5.17. The van der Waals surface area contributed by atoms with E-state index in [-0.39, 0.29) is 0 Å². The fourth-order valence-corrected chi connectivity index (χ4v) is 2.35. The lowest BCUT2D eigenvalue weighted by Crippen LogP contribution is -2.08. The Morgan fingerprint density at radius 2 is 2.31 bits per heavy atom. The molecule has 0 bridgehead atoms. The summed E-state index contributed by atoms with van der Waals surface area (Å²) in [5, 5.41) is 0. The zero-order valence-corrected chi connectivity index (χ0v) is 8.16. The summed E-state index contributed by atoms with van der Waals surface area (Å²) in [5.74, 6) is 3.01. The molecule has 1 aromatic rings. The first-order valence-corrected chi connectivity index (χ1v) is 5.40. The van der Waals surface area contributed by atoms with Crippen LogP contribution in [0.25, 0.3) is 0 Å². The molecule has 1 aliphatic carbocycles. The molecule has 3 rings (SSSR count). The van der Waals surface area contributed by atoms with E-state index in [1.807, 2.05) is 0 Å². The van der Waals surface area contributed by atoms with E-state index >= 15 is 0 Å². The molecular formula is C11H16N2. The number of nitrogens with zero attached hydrogens (tertiary/aromatic N) is 2. The number of hydrogen-bond donors (Lipinski definition) is 0. The van der Waals surface area contributed by atoms with Crippen molar-refractivity contribution in [1.29, 1.82) is 0 Å². The topological polar surface area (TPSA) is 17.8 Å². The summed E-state index contributed by atoms with van der Waals surface area (Å²) in [6, 6.07) is 0. The third-order valence-electron chi connectivity index (χ3n) is 3.42. The number of imidazole rings is 1. The molecule has 1 fully saturated rings. The van der Waals surface area contributed by atoms with Gasteiger partial charge in [-0.05, 0) is 25.2 Å². The van der Waals surface area contributed by atoms with Gasteiger partial charge >= 0.3 is 0 Å². The van der Waals surface area contributed by atoms with Crippen LogP contribution in [0.5, 0.6) is 0 Å². The fraction of sp³-hybridized carbons (Fsp3) is 0.727. The number of rotatable bonds is 1. The second-order valence-corrected chi connectivity index (χ2v) is 4.55. The zero-order valence-electron chi connectivity index (χ0n) is 8.16. The Morgan fingerprint density at radius 3 is 3.00 bits per heavy atom. The van der Waals surface area contributed by atoms with Crippen molar-refractivity contribution in [1.82, 2.24) is 9.55 Å². The molecule has 2 nitrogen and oxygen atoms in total. The normalized spacial score (nSPS) is 31.5. The lowest BCUT2D eigenvalue weighted by Gasteiger charge is -2.11. The van der Waals surface area contributed by atoms with Crippen LogP contribution < -0.4 is 0 Å². The van der Waals surface area contributed by atoms with Crippen LogP contribution in [0.2, 0.25) is 0 Å². The number of aryl methyl sites for hydroxylation is 2. The molecule has 1 aliphatic heterocycles. The molecule has 0 radical (unpaired) electrons. The molecule has 2 aliphatic rings. The van der Waals surface area contributed by atoms with Crippen molar-refractivity contribution >= 4 is 0 Å². The van der Waals surface area contributed by atoms with Gasteiger partial charge in [0.05, 0.1) is 5.69 Å². The highest BCUT2D eigenvalue weighted by Gasteiger charge is 2.36. The third-order valence-corrected chi connectivity index (χ3v) is 3.42. The summed E-state index contributed by atoms with van der Waals surface area (Å²) in [4.78, 5) is 4.73. The van der Waals surface area contributed by atoms with Crippen molar-refractivity contribution in [3.8, 4) is 0 Å². The van der Waals surface area contributed by atoms with E-state index in [0.717, 1.165) is 11.8 Å². The molecule has 2 atom stereocenters. The molecular weight excluding hydrogens is 160 g/mol. The summed E-state index contributed by atoms with van der Waals surface area (Å²) in [5.41, 5.74) is 1.37. The standard InChI is InChI=1S/C11H16N2/c1-8-6-9(8)10-7-13-5-3-2-4-11(13)12-10/h7-9H,2-6H2,1H3. The predicted octanol–water partition coefficient (Wildman–Crippen LogP) is 2.34. The number of fused-ring (bicyclic) bond motifs is 1. The largest absolute Gasteiger partial charge is 0.335 e. The quantitative estimate of drug-likeness (QED) is 0.642. The summed E-state index contributed by atoms with van der Waals surface area (Å²) >= 11 is 0. The van der Waals surface area contributed by atoms with E-state index in [1.165, 1.54) is 43.7 Å². The monoisotopic (exact) mass is 176 g/mol. The van der Waals surface area contributed by atoms with Crippen molar-refractivity contribution in [2.75, 3.05) is 0 Å². The predicted molar refractivity (Wildman–Crippen MR) is 51.7 cm³/mol. The zero-order chi connectivity index (χ0) is 8.84. The van der Waals surface area contributed by atoms with Gasteiger partial charge in [0.15, 0.2) is 0 Å². The number of hydrogen-bond acceptors (Lipinski definition) is 1. The molecule has 0 amide bonds. The second kappa shape index (κ2) is 2.60. The minimum atomic E-state index is 0.790. The number of aromatic nitrogens is 2. The highest BCUT2D eigenvalue weighted by Crippen LogP contribution is 2.46. The summed E-state index contributed by atoms with van der Waals surface area (Å²) in [7, 11) is 0. The molecule has 1 aromatic heterocycles. The van der Waals surface area contributed by atoms with Gasteiger partial charge in [-0.2, -0.15) is 0 Å². The molecule has 2 heterocycles. The Balaban J connectivity index is 1.91. The molecule has 2 heteroatoms. The summed E-state index contributed by atoms with van der Waals surface area (Å²) < 4.78 is 2.36. The van der Waals surface area contributed by atoms with Gasteiger partial charge in [-0.15, -0.1) is 0 Å². The Kier molecular flexibility index (Phi) is 1.52. The lowest BCUT2D eigenvalue weighted by molar-refractivity contribution is 0.522. The SMILES string of the molecule is CC1CC1c1cn2c(n1)CCCC2. The first kappa shape index (κ1) is 7.60. The molecule has 0 aromatic carbocycles. The van der Waals surface area contributed by atoms with E-state index in [4.69, 9.17) is 4.98 Å². The van der Waals surface area contributed by atoms with Crippen LogP contribution in [0.1, 0.15) is 43.6 Å². The second-order valence-electron chi connectivity index (χ2n) is 4.55. The van der Waals surface area contributed by atoms with E-state index in [0.29, 0.717) is 0 Å². The Labute approximate surface area is 79.0 Å². The average Bonchev–Trinajstić information content (AvgIpc) is 2.74. The fourth-order valence-electron chi connectivity index (χ4n) is 2.35. The smallest absolute Gasteiger partial charge is 0.108 e. The first-order valence-electron chi connectivity index (χ1n) is 5.40. The molecule has 1 saturated carbocycles. The molecule has 0 N–H and O–H groups in total. The van der Waals surface area contributed by atoms with Gasteiger partial charge in [0.2, 0.25) is 0 Å². The Morgan fingerprint density at radius 1 is 1.46 bits per heavy atom. The van der Waals surface area contributed by atoms with Crippen LogP contribution in [-0.2, 0) is 13.0 Å². The van der Waals surface area contributed by atoms with Gasteiger partial charge < -0.3 is 4.57 Å². The van der Waals surface area contributed by atoms with Crippen LogP contribution >= 0.6 is 0 Å². The van der Waals surface area contributed by atoms with Crippen LogP contribution in [-0.4, -0.2) is 9.55 Å². The molecule has 70 valence electrons. The van der Waals surface area contributed by atoms with Crippen molar-refractivity contribution in [2.24, 2.45) is 5.92 Å². The molecule has 0 saturated heterocycles. The van der Waals surface area contributed by atoms with Crippen molar-refractivity contribution in [3.05, 3.63) is 17.7 Å². The third kappa shape index (κ3) is 1.19. The van der Waals surface area contributed by atoms with E-state index < -0.39 is 0 Å². The van der Waals surface area contributed by atoms with Crippen molar-refractivity contribution < 1.29 is 0 Å². The maximum absolute atomic E-state index is 4.73. The van der Waals surface area contributed by atoms with Gasteiger partial charge in [0.1, 0.15) is 5.82 Å². The van der Waals surface area contributed by atoms with Crippen LogP contribution in [0, 0.1) is 5.92 Å². The molecule has 2 unspecified atom stereocenters. The van der Waals surface area contributed by atoms with E-state index in [9.17, 15) is 0 Å². The first-order chi connectivity index (χ1) is 6.34. The maximum Gasteiger partial charge on any atom is 0.108 e. The van der Waals surface area contributed by atoms with Gasteiger partial charge in [-0.1, -0.05) is 6.92 Å². The van der Waals surface area contributed by atoms with Crippen molar-refractivity contribution in [3.63, 3.8) is 0 Å². The van der Waals surface area contributed by atoms with Crippen molar-refractivity contribution in [2.45, 2.75) is 45.1 Å². The van der Waals surface area contributed by atoms with Gasteiger partial charge in [-0.25, -0.2) is 4.98 Å². The van der Waals surface area contributed by atoms with Crippen LogP contribution in [0.15, 0.2) is 6.20 Å². The summed E-state index contributed by atoms with van der Waals surface area (Å²) in [6.07, 6.45) is 7.51. The lowest BCUT2D eigenvalue weighted by atomic mass is 10.2. The minimum absolute atomic E-state index is 0.790.